The van der Waals surface area contributed by atoms with Crippen LogP contribution in [0.15, 0.2) is 36.9 Å². The van der Waals surface area contributed by atoms with E-state index in [1.807, 2.05) is 6.08 Å². The Labute approximate surface area is 122 Å². The van der Waals surface area contributed by atoms with E-state index >= 15 is 0 Å². The van der Waals surface area contributed by atoms with Crippen molar-refractivity contribution in [2.24, 2.45) is 0 Å². The minimum Gasteiger partial charge on any atom is -0.406 e. The molecule has 6 heteroatoms. The highest BCUT2D eigenvalue weighted by Crippen LogP contribution is 2.28. The summed E-state index contributed by atoms with van der Waals surface area (Å²) >= 11 is 0. The minimum absolute atomic E-state index is 0.143. The van der Waals surface area contributed by atoms with Gasteiger partial charge in [-0.05, 0) is 24.1 Å². The highest BCUT2D eigenvalue weighted by atomic mass is 19.4. The molecular weight excluding hydrogens is 281 g/mol. The number of hydrogen-bond acceptors (Lipinski definition) is 3. The van der Waals surface area contributed by atoms with Crippen molar-refractivity contribution in [3.05, 3.63) is 42.5 Å². The molecule has 2 rings (SSSR count). The van der Waals surface area contributed by atoms with Gasteiger partial charge in [0.25, 0.3) is 0 Å². The fourth-order valence-corrected chi connectivity index (χ4v) is 2.54. The molecule has 1 aromatic carbocycles. The van der Waals surface area contributed by atoms with Gasteiger partial charge in [0, 0.05) is 32.2 Å². The zero-order valence-electron chi connectivity index (χ0n) is 11.7. The highest BCUT2D eigenvalue weighted by molar-refractivity contribution is 5.29. The summed E-state index contributed by atoms with van der Waals surface area (Å²) in [6.45, 7) is 7.44. The van der Waals surface area contributed by atoms with Crippen LogP contribution in [0.4, 0.5) is 13.2 Å². The van der Waals surface area contributed by atoms with Crippen molar-refractivity contribution in [3.63, 3.8) is 0 Å². The number of ether oxygens (including phenoxy) is 1. The van der Waals surface area contributed by atoms with Crippen LogP contribution in [0.1, 0.15) is 18.0 Å². The number of hydrogen-bond donors (Lipinski definition) is 1. The van der Waals surface area contributed by atoms with Crippen molar-refractivity contribution in [3.8, 4) is 5.75 Å². The summed E-state index contributed by atoms with van der Waals surface area (Å²) in [5, 5.41) is 3.29. The van der Waals surface area contributed by atoms with Gasteiger partial charge in [0.2, 0.25) is 0 Å². The Hall–Kier alpha value is -1.53. The maximum atomic E-state index is 12.2. The van der Waals surface area contributed by atoms with Gasteiger partial charge in [0.1, 0.15) is 5.75 Å². The third-order valence-corrected chi connectivity index (χ3v) is 3.48. The van der Waals surface area contributed by atoms with Crippen LogP contribution in [-0.2, 0) is 0 Å². The molecular formula is C15H19F3N2O. The molecule has 1 saturated heterocycles. The summed E-state index contributed by atoms with van der Waals surface area (Å²) in [6, 6.07) is 6.25. The average Bonchev–Trinajstić information content (AvgIpc) is 2.45. The number of piperazine rings is 1. The normalized spacial score (nSPS) is 18.2. The lowest BCUT2D eigenvalue weighted by Gasteiger charge is -2.34. The Kier molecular flexibility index (Phi) is 5.25. The molecule has 0 amide bonds. The van der Waals surface area contributed by atoms with Crippen LogP contribution in [-0.4, -0.2) is 37.4 Å². The smallest absolute Gasteiger partial charge is 0.406 e. The van der Waals surface area contributed by atoms with Crippen LogP contribution >= 0.6 is 0 Å². The monoisotopic (exact) mass is 300 g/mol. The fourth-order valence-electron chi connectivity index (χ4n) is 2.54. The predicted octanol–water partition coefficient (Wildman–Crippen LogP) is 3.11. The van der Waals surface area contributed by atoms with Gasteiger partial charge in [-0.15, -0.1) is 19.8 Å². The van der Waals surface area contributed by atoms with E-state index in [9.17, 15) is 13.2 Å². The van der Waals surface area contributed by atoms with Crippen molar-refractivity contribution in [2.75, 3.05) is 26.2 Å². The molecule has 0 aromatic heterocycles. The molecule has 0 unspecified atom stereocenters. The second-order valence-corrected chi connectivity index (χ2v) is 4.94. The van der Waals surface area contributed by atoms with E-state index in [4.69, 9.17) is 0 Å². The Morgan fingerprint density at radius 2 is 1.86 bits per heavy atom. The molecule has 1 heterocycles. The van der Waals surface area contributed by atoms with Gasteiger partial charge in [0.15, 0.2) is 0 Å². The summed E-state index contributed by atoms with van der Waals surface area (Å²) in [4.78, 5) is 2.32. The molecule has 1 aliphatic rings. The van der Waals surface area contributed by atoms with Crippen molar-refractivity contribution in [1.82, 2.24) is 10.2 Å². The van der Waals surface area contributed by atoms with E-state index in [1.165, 1.54) is 12.1 Å². The van der Waals surface area contributed by atoms with E-state index in [0.717, 1.165) is 38.2 Å². The largest absolute Gasteiger partial charge is 0.573 e. The topological polar surface area (TPSA) is 24.5 Å². The molecule has 1 aliphatic heterocycles. The third kappa shape index (κ3) is 4.75. The van der Waals surface area contributed by atoms with E-state index < -0.39 is 6.36 Å². The van der Waals surface area contributed by atoms with Crippen molar-refractivity contribution >= 4 is 0 Å². The maximum Gasteiger partial charge on any atom is 0.573 e. The lowest BCUT2D eigenvalue weighted by molar-refractivity contribution is -0.274. The highest BCUT2D eigenvalue weighted by Gasteiger charge is 2.31. The molecule has 0 aliphatic carbocycles. The van der Waals surface area contributed by atoms with Gasteiger partial charge in [-0.2, -0.15) is 0 Å². The van der Waals surface area contributed by atoms with Gasteiger partial charge < -0.3 is 10.1 Å². The van der Waals surface area contributed by atoms with Gasteiger partial charge in [-0.1, -0.05) is 18.2 Å². The third-order valence-electron chi connectivity index (χ3n) is 3.48. The lowest BCUT2D eigenvalue weighted by atomic mass is 10.0. The number of nitrogens with one attached hydrogen (secondary N) is 1. The first-order chi connectivity index (χ1) is 9.99. The molecule has 116 valence electrons. The van der Waals surface area contributed by atoms with E-state index in [2.05, 4.69) is 21.5 Å². The average molecular weight is 300 g/mol. The van der Waals surface area contributed by atoms with E-state index in [-0.39, 0.29) is 11.8 Å². The summed E-state index contributed by atoms with van der Waals surface area (Å²) < 4.78 is 40.4. The molecule has 0 radical (unpaired) electrons. The zero-order valence-corrected chi connectivity index (χ0v) is 11.7. The van der Waals surface area contributed by atoms with Gasteiger partial charge in [-0.3, -0.25) is 4.90 Å². The molecule has 0 bridgehead atoms. The van der Waals surface area contributed by atoms with Crippen LogP contribution in [0.5, 0.6) is 5.75 Å². The van der Waals surface area contributed by atoms with Gasteiger partial charge in [-0.25, -0.2) is 0 Å². The molecule has 1 N–H and O–H groups in total. The molecule has 1 aromatic rings. The van der Waals surface area contributed by atoms with Crippen LogP contribution in [0.25, 0.3) is 0 Å². The molecule has 21 heavy (non-hydrogen) atoms. The standard InChI is InChI=1S/C15H19F3N2O/c1-2-3-14(20-10-8-19-9-11-20)12-4-6-13(7-5-12)21-15(16,17)18/h2,4-7,14,19H,1,3,8-11H2/t14-/m1/s1. The van der Waals surface area contributed by atoms with Crippen molar-refractivity contribution < 1.29 is 17.9 Å². The quantitative estimate of drug-likeness (QED) is 0.846. The number of benzene rings is 1. The maximum absolute atomic E-state index is 12.2. The predicted molar refractivity (Wildman–Crippen MR) is 75.1 cm³/mol. The molecule has 3 nitrogen and oxygen atoms in total. The Morgan fingerprint density at radius 1 is 1.24 bits per heavy atom. The molecule has 1 fully saturated rings. The SMILES string of the molecule is C=CC[C@H](c1ccc(OC(F)(F)F)cc1)N1CCNCC1. The Morgan fingerprint density at radius 3 is 2.38 bits per heavy atom. The fraction of sp³-hybridized carbons (Fsp3) is 0.467. The van der Waals surface area contributed by atoms with E-state index in [1.54, 1.807) is 12.1 Å². The van der Waals surface area contributed by atoms with Crippen LogP contribution < -0.4 is 10.1 Å². The van der Waals surface area contributed by atoms with Gasteiger partial charge >= 0.3 is 6.36 Å². The van der Waals surface area contributed by atoms with Crippen molar-refractivity contribution in [1.29, 1.82) is 0 Å². The Bertz CT molecular complexity index is 453. The summed E-state index contributed by atoms with van der Waals surface area (Å²) in [5.74, 6) is -0.191. The number of rotatable bonds is 5. The summed E-state index contributed by atoms with van der Waals surface area (Å²) in [6.07, 6.45) is -2.05. The minimum atomic E-state index is -4.65. The molecule has 1 atom stereocenters. The number of alkyl halides is 3. The zero-order chi connectivity index (χ0) is 15.3. The lowest BCUT2D eigenvalue weighted by Crippen LogP contribution is -2.45. The van der Waals surface area contributed by atoms with Crippen LogP contribution in [0.2, 0.25) is 0 Å². The van der Waals surface area contributed by atoms with Crippen molar-refractivity contribution in [2.45, 2.75) is 18.8 Å². The van der Waals surface area contributed by atoms with Crippen LogP contribution in [0.3, 0.4) is 0 Å². The van der Waals surface area contributed by atoms with Gasteiger partial charge in [0.05, 0.1) is 0 Å². The molecule has 0 saturated carbocycles. The first-order valence-electron chi connectivity index (χ1n) is 6.91. The molecule has 0 spiro atoms. The summed E-state index contributed by atoms with van der Waals surface area (Å²) in [7, 11) is 0. The Balaban J connectivity index is 2.10. The second-order valence-electron chi connectivity index (χ2n) is 4.94. The first kappa shape index (κ1) is 15.9. The van der Waals surface area contributed by atoms with E-state index in [0.29, 0.717) is 0 Å². The first-order valence-corrected chi connectivity index (χ1v) is 6.91. The number of halogens is 3. The second kappa shape index (κ2) is 6.95. The number of nitrogens with zero attached hydrogens (tertiary/aromatic N) is 1. The summed E-state index contributed by atoms with van der Waals surface area (Å²) in [5.41, 5.74) is 0.978. The van der Waals surface area contributed by atoms with Crippen LogP contribution in [0, 0.1) is 0 Å².